The fourth-order valence-electron chi connectivity index (χ4n) is 1.96. The summed E-state index contributed by atoms with van der Waals surface area (Å²) in [6.07, 6.45) is 1.82. The lowest BCUT2D eigenvalue weighted by atomic mass is 10.2. The molecule has 0 spiro atoms. The number of rotatable bonds is 7. The first kappa shape index (κ1) is 18.0. The van der Waals surface area contributed by atoms with Crippen LogP contribution in [-0.4, -0.2) is 21.0 Å². The van der Waals surface area contributed by atoms with Crippen LogP contribution in [0, 0.1) is 0 Å². The number of sulfonamides is 1. The van der Waals surface area contributed by atoms with Gasteiger partial charge in [-0.05, 0) is 30.7 Å². The number of hydrogen-bond acceptors (Lipinski definition) is 5. The minimum absolute atomic E-state index is 0.152. The molecule has 24 heavy (non-hydrogen) atoms. The van der Waals surface area contributed by atoms with E-state index in [4.69, 9.17) is 14.6 Å². The molecule has 0 saturated carbocycles. The normalized spacial score (nSPS) is 11.1. The van der Waals surface area contributed by atoms with E-state index in [1.807, 2.05) is 6.92 Å². The van der Waals surface area contributed by atoms with Crippen LogP contribution in [-0.2, 0) is 10.0 Å². The number of benzene rings is 2. The van der Waals surface area contributed by atoms with Crippen molar-refractivity contribution in [3.05, 3.63) is 54.1 Å². The van der Waals surface area contributed by atoms with E-state index in [9.17, 15) is 13.2 Å². The van der Waals surface area contributed by atoms with Crippen LogP contribution in [0.3, 0.4) is 0 Å². The molecule has 0 aliphatic rings. The molecule has 0 amide bonds. The Morgan fingerprint density at radius 1 is 1.12 bits per heavy atom. The number of nitrogens with two attached hydrogens (primary N) is 1. The Morgan fingerprint density at radius 2 is 1.83 bits per heavy atom. The third-order valence-electron chi connectivity index (χ3n) is 3.20. The fraction of sp³-hybridized carbons (Fsp3) is 0.235. The van der Waals surface area contributed by atoms with Gasteiger partial charge in [-0.15, -0.1) is 0 Å². The second-order valence-electron chi connectivity index (χ2n) is 5.11. The maximum atomic E-state index is 12.2. The second-order valence-corrected chi connectivity index (χ2v) is 6.64. The number of hydrogen-bond donors (Lipinski definition) is 1. The van der Waals surface area contributed by atoms with Crippen LogP contribution < -0.4 is 14.6 Å². The highest BCUT2D eigenvalue weighted by Gasteiger charge is 2.19. The van der Waals surface area contributed by atoms with Crippen molar-refractivity contribution in [3.8, 4) is 11.5 Å². The molecule has 0 heterocycles. The summed E-state index contributed by atoms with van der Waals surface area (Å²) in [7, 11) is -4.04. The summed E-state index contributed by atoms with van der Waals surface area (Å²) in [5.74, 6) is -0.418. The molecule has 2 aromatic carbocycles. The van der Waals surface area contributed by atoms with E-state index >= 15 is 0 Å². The smallest absolute Gasteiger partial charge is 0.343 e. The molecule has 0 saturated heterocycles. The highest BCUT2D eigenvalue weighted by Crippen LogP contribution is 2.29. The second kappa shape index (κ2) is 7.94. The first-order valence-corrected chi connectivity index (χ1v) is 9.03. The van der Waals surface area contributed by atoms with Crippen molar-refractivity contribution in [1.29, 1.82) is 0 Å². The molecular formula is C17H19NO5S. The maximum Gasteiger partial charge on any atom is 0.343 e. The van der Waals surface area contributed by atoms with E-state index in [2.05, 4.69) is 0 Å². The minimum Gasteiger partial charge on any atom is -0.493 e. The zero-order valence-corrected chi connectivity index (χ0v) is 14.1. The van der Waals surface area contributed by atoms with Crippen molar-refractivity contribution < 1.29 is 22.7 Å². The number of primary sulfonamides is 1. The molecule has 0 unspecified atom stereocenters. The number of carbonyl (C=O) groups excluding carboxylic acids is 1. The summed E-state index contributed by atoms with van der Waals surface area (Å²) in [5, 5.41) is 5.18. The van der Waals surface area contributed by atoms with Crippen molar-refractivity contribution in [3.63, 3.8) is 0 Å². The topological polar surface area (TPSA) is 95.7 Å². The standard InChI is InChI=1S/C17H19NO5S/c1-2-3-11-22-14-9-10-16(24(18,20)21)15(12-14)23-17(19)13-7-5-4-6-8-13/h4-10,12H,2-3,11H2,1H3,(H2,18,20,21). The Labute approximate surface area is 141 Å². The van der Waals surface area contributed by atoms with Gasteiger partial charge in [0.1, 0.15) is 10.6 Å². The van der Waals surface area contributed by atoms with Crippen LogP contribution in [0.15, 0.2) is 53.4 Å². The minimum atomic E-state index is -4.04. The van der Waals surface area contributed by atoms with Gasteiger partial charge in [0.05, 0.1) is 12.2 Å². The lowest BCUT2D eigenvalue weighted by Gasteiger charge is -2.12. The van der Waals surface area contributed by atoms with Gasteiger partial charge in [-0.25, -0.2) is 18.4 Å². The van der Waals surface area contributed by atoms with Crippen molar-refractivity contribution in [1.82, 2.24) is 0 Å². The molecule has 2 aromatic rings. The highest BCUT2D eigenvalue weighted by atomic mass is 32.2. The monoisotopic (exact) mass is 349 g/mol. The molecule has 128 valence electrons. The molecule has 0 atom stereocenters. The first-order chi connectivity index (χ1) is 11.4. The number of esters is 1. The molecule has 7 heteroatoms. The molecule has 0 aromatic heterocycles. The van der Waals surface area contributed by atoms with Crippen LogP contribution in [0.5, 0.6) is 11.5 Å². The Bertz CT molecular complexity index is 803. The average molecular weight is 349 g/mol. The number of unbranched alkanes of at least 4 members (excludes halogenated alkanes) is 1. The number of ether oxygens (including phenoxy) is 2. The fourth-order valence-corrected chi connectivity index (χ4v) is 2.60. The molecule has 0 bridgehead atoms. The summed E-state index contributed by atoms with van der Waals surface area (Å²) >= 11 is 0. The molecule has 6 nitrogen and oxygen atoms in total. The van der Waals surface area contributed by atoms with Crippen LogP contribution in [0.2, 0.25) is 0 Å². The summed E-state index contributed by atoms with van der Waals surface area (Å²) in [6, 6.07) is 12.4. The van der Waals surface area contributed by atoms with Crippen LogP contribution in [0.25, 0.3) is 0 Å². The van der Waals surface area contributed by atoms with E-state index in [-0.39, 0.29) is 10.6 Å². The van der Waals surface area contributed by atoms with Crippen molar-refractivity contribution >= 4 is 16.0 Å². The SMILES string of the molecule is CCCCOc1ccc(S(N)(=O)=O)c(OC(=O)c2ccccc2)c1. The van der Waals surface area contributed by atoms with Gasteiger partial charge < -0.3 is 9.47 Å². The van der Waals surface area contributed by atoms with E-state index in [0.717, 1.165) is 12.8 Å². The van der Waals surface area contributed by atoms with E-state index in [0.29, 0.717) is 17.9 Å². The van der Waals surface area contributed by atoms with Crippen LogP contribution in [0.4, 0.5) is 0 Å². The Kier molecular flexibility index (Phi) is 5.94. The lowest BCUT2D eigenvalue weighted by molar-refractivity contribution is 0.0730. The third kappa shape index (κ3) is 4.81. The molecule has 2 rings (SSSR count). The maximum absolute atomic E-state index is 12.2. The van der Waals surface area contributed by atoms with Crippen molar-refractivity contribution in [2.75, 3.05) is 6.61 Å². The van der Waals surface area contributed by atoms with Gasteiger partial charge in [0.2, 0.25) is 10.0 Å². The molecule has 0 fully saturated rings. The first-order valence-electron chi connectivity index (χ1n) is 7.48. The van der Waals surface area contributed by atoms with Gasteiger partial charge in [-0.3, -0.25) is 0 Å². The molecule has 0 radical (unpaired) electrons. The predicted molar refractivity (Wildman–Crippen MR) is 89.6 cm³/mol. The summed E-state index contributed by atoms with van der Waals surface area (Å²) < 4.78 is 34.1. The third-order valence-corrected chi connectivity index (χ3v) is 4.15. The Hall–Kier alpha value is -2.38. The molecule has 0 aliphatic carbocycles. The zero-order chi connectivity index (χ0) is 17.6. The van der Waals surface area contributed by atoms with Gasteiger partial charge in [0.25, 0.3) is 0 Å². The average Bonchev–Trinajstić information content (AvgIpc) is 2.55. The van der Waals surface area contributed by atoms with Gasteiger partial charge >= 0.3 is 5.97 Å². The lowest BCUT2D eigenvalue weighted by Crippen LogP contribution is -2.16. The van der Waals surface area contributed by atoms with Gasteiger partial charge in [0.15, 0.2) is 5.75 Å². The molecule has 2 N–H and O–H groups in total. The zero-order valence-electron chi connectivity index (χ0n) is 13.3. The summed E-state index contributed by atoms with van der Waals surface area (Å²) in [6.45, 7) is 2.51. The summed E-state index contributed by atoms with van der Waals surface area (Å²) in [5.41, 5.74) is 0.301. The van der Waals surface area contributed by atoms with Gasteiger partial charge in [0, 0.05) is 6.07 Å². The van der Waals surface area contributed by atoms with E-state index in [1.54, 1.807) is 30.3 Å². The van der Waals surface area contributed by atoms with E-state index < -0.39 is 16.0 Å². The van der Waals surface area contributed by atoms with Crippen LogP contribution >= 0.6 is 0 Å². The van der Waals surface area contributed by atoms with Crippen molar-refractivity contribution in [2.24, 2.45) is 5.14 Å². The van der Waals surface area contributed by atoms with E-state index in [1.165, 1.54) is 18.2 Å². The summed E-state index contributed by atoms with van der Waals surface area (Å²) in [4.78, 5) is 11.9. The predicted octanol–water partition coefficient (Wildman–Crippen LogP) is 2.73. The Morgan fingerprint density at radius 3 is 2.46 bits per heavy atom. The van der Waals surface area contributed by atoms with Gasteiger partial charge in [-0.2, -0.15) is 0 Å². The molecule has 0 aliphatic heterocycles. The van der Waals surface area contributed by atoms with Crippen molar-refractivity contribution in [2.45, 2.75) is 24.7 Å². The Balaban J connectivity index is 2.30. The molecular weight excluding hydrogens is 330 g/mol. The highest BCUT2D eigenvalue weighted by molar-refractivity contribution is 7.89. The largest absolute Gasteiger partial charge is 0.493 e. The quantitative estimate of drug-likeness (QED) is 0.471. The number of carbonyl (C=O) groups is 1. The van der Waals surface area contributed by atoms with Crippen LogP contribution in [0.1, 0.15) is 30.1 Å². The van der Waals surface area contributed by atoms with Gasteiger partial charge in [-0.1, -0.05) is 31.5 Å².